The molecule has 0 spiro atoms. The molecule has 1 aliphatic rings. The second-order valence-corrected chi connectivity index (χ2v) is 7.45. The highest BCUT2D eigenvalue weighted by atomic mass is 32.2. The molecular weight excluding hydrogens is 246 g/mol. The van der Waals surface area contributed by atoms with Crippen LogP contribution >= 0.6 is 11.3 Å². The zero-order valence-electron chi connectivity index (χ0n) is 9.30. The summed E-state index contributed by atoms with van der Waals surface area (Å²) in [5.41, 5.74) is 0. The van der Waals surface area contributed by atoms with E-state index >= 15 is 0 Å². The summed E-state index contributed by atoms with van der Waals surface area (Å²) >= 11 is 1.49. The third-order valence-corrected chi connectivity index (χ3v) is 5.83. The zero-order valence-corrected chi connectivity index (χ0v) is 10.9. The van der Waals surface area contributed by atoms with E-state index < -0.39 is 16.1 Å². The first-order valence-electron chi connectivity index (χ1n) is 5.16. The maximum absolute atomic E-state index is 12.2. The monoisotopic (exact) mass is 261 g/mol. The van der Waals surface area contributed by atoms with Crippen LogP contribution in [0.4, 0.5) is 0 Å². The predicted molar refractivity (Wildman–Crippen MR) is 63.2 cm³/mol. The van der Waals surface area contributed by atoms with Crippen molar-refractivity contribution in [1.29, 1.82) is 0 Å². The quantitative estimate of drug-likeness (QED) is 0.868. The van der Waals surface area contributed by atoms with E-state index in [4.69, 9.17) is 0 Å². The molecule has 1 aliphatic heterocycles. The van der Waals surface area contributed by atoms with Gasteiger partial charge >= 0.3 is 0 Å². The topological polar surface area (TPSA) is 57.6 Å². The molecule has 6 heteroatoms. The lowest BCUT2D eigenvalue weighted by atomic mass is 10.3. The van der Waals surface area contributed by atoms with Gasteiger partial charge in [-0.2, -0.15) is 4.31 Å². The van der Waals surface area contributed by atoms with Crippen molar-refractivity contribution in [3.8, 4) is 0 Å². The molecule has 1 N–H and O–H groups in total. The molecule has 0 aliphatic carbocycles. The lowest BCUT2D eigenvalue weighted by Crippen LogP contribution is -2.29. The van der Waals surface area contributed by atoms with Gasteiger partial charge in [-0.05, 0) is 26.3 Å². The van der Waals surface area contributed by atoms with Gasteiger partial charge in [-0.25, -0.2) is 8.42 Å². The SMILES string of the molecule is Cc1cc(S(=O)(=O)N2CCC(O)C2)c(C)s1. The van der Waals surface area contributed by atoms with E-state index in [-0.39, 0.29) is 6.54 Å². The molecular formula is C10H15NO3S2. The van der Waals surface area contributed by atoms with Crippen LogP contribution in [0, 0.1) is 13.8 Å². The van der Waals surface area contributed by atoms with Gasteiger partial charge in [0, 0.05) is 22.8 Å². The molecule has 1 aromatic heterocycles. The Kier molecular flexibility index (Phi) is 3.09. The van der Waals surface area contributed by atoms with Crippen LogP contribution in [0.5, 0.6) is 0 Å². The average Bonchev–Trinajstić information content (AvgIpc) is 2.73. The number of β-amino-alcohol motifs (C(OH)–C–C–N with tert-alkyl or cyclic N) is 1. The predicted octanol–water partition coefficient (Wildman–Crippen LogP) is 1.12. The fourth-order valence-electron chi connectivity index (χ4n) is 1.93. The normalized spacial score (nSPS) is 22.8. The Morgan fingerprint density at radius 3 is 2.62 bits per heavy atom. The minimum atomic E-state index is -3.40. The van der Waals surface area contributed by atoms with Crippen molar-refractivity contribution >= 4 is 21.4 Å². The van der Waals surface area contributed by atoms with Crippen LogP contribution in [-0.2, 0) is 10.0 Å². The molecule has 1 atom stereocenters. The van der Waals surface area contributed by atoms with Gasteiger partial charge in [0.05, 0.1) is 11.0 Å². The Morgan fingerprint density at radius 1 is 1.50 bits per heavy atom. The summed E-state index contributed by atoms with van der Waals surface area (Å²) in [5, 5.41) is 9.38. The van der Waals surface area contributed by atoms with Crippen LogP contribution in [0.1, 0.15) is 16.2 Å². The molecule has 0 aromatic carbocycles. The van der Waals surface area contributed by atoms with Gasteiger partial charge in [0.2, 0.25) is 10.0 Å². The summed E-state index contributed by atoms with van der Waals surface area (Å²) < 4.78 is 25.8. The molecule has 0 amide bonds. The Morgan fingerprint density at radius 2 is 2.19 bits per heavy atom. The Bertz CT molecular complexity index is 492. The van der Waals surface area contributed by atoms with Crippen molar-refractivity contribution < 1.29 is 13.5 Å². The third kappa shape index (κ3) is 2.02. The number of aryl methyl sites for hydroxylation is 2. The first-order chi connectivity index (χ1) is 7.41. The highest BCUT2D eigenvalue weighted by Crippen LogP contribution is 2.29. The van der Waals surface area contributed by atoms with Crippen molar-refractivity contribution in [2.75, 3.05) is 13.1 Å². The summed E-state index contributed by atoms with van der Waals surface area (Å²) in [6, 6.07) is 1.71. The van der Waals surface area contributed by atoms with E-state index in [2.05, 4.69) is 0 Å². The molecule has 0 bridgehead atoms. The summed E-state index contributed by atoms with van der Waals surface area (Å²) in [6.07, 6.45) is 0.0105. The lowest BCUT2D eigenvalue weighted by Gasteiger charge is -2.15. The van der Waals surface area contributed by atoms with Crippen molar-refractivity contribution in [3.63, 3.8) is 0 Å². The highest BCUT2D eigenvalue weighted by molar-refractivity contribution is 7.89. The van der Waals surface area contributed by atoms with E-state index in [1.165, 1.54) is 15.6 Å². The van der Waals surface area contributed by atoms with Gasteiger partial charge in [0.1, 0.15) is 0 Å². The van der Waals surface area contributed by atoms with Gasteiger partial charge in [0.15, 0.2) is 0 Å². The first-order valence-corrected chi connectivity index (χ1v) is 7.42. The molecule has 16 heavy (non-hydrogen) atoms. The van der Waals surface area contributed by atoms with E-state index in [1.54, 1.807) is 6.07 Å². The average molecular weight is 261 g/mol. The van der Waals surface area contributed by atoms with Crippen LogP contribution < -0.4 is 0 Å². The maximum Gasteiger partial charge on any atom is 0.244 e. The number of hydrogen-bond acceptors (Lipinski definition) is 4. The van der Waals surface area contributed by atoms with Crippen LogP contribution in [0.25, 0.3) is 0 Å². The molecule has 2 rings (SSSR count). The largest absolute Gasteiger partial charge is 0.392 e. The molecule has 1 aromatic rings. The Balaban J connectivity index is 2.36. The molecule has 0 saturated carbocycles. The molecule has 90 valence electrons. The second kappa shape index (κ2) is 4.10. The minimum Gasteiger partial charge on any atom is -0.392 e. The molecule has 1 unspecified atom stereocenters. The summed E-state index contributed by atoms with van der Waals surface area (Å²) in [5.74, 6) is 0. The fourth-order valence-corrected chi connectivity index (χ4v) is 4.95. The second-order valence-electron chi connectivity index (χ2n) is 4.08. The third-order valence-electron chi connectivity index (χ3n) is 2.74. The number of thiophene rings is 1. The van der Waals surface area contributed by atoms with Gasteiger partial charge in [0.25, 0.3) is 0 Å². The smallest absolute Gasteiger partial charge is 0.244 e. The van der Waals surface area contributed by atoms with Crippen molar-refractivity contribution in [3.05, 3.63) is 15.8 Å². The van der Waals surface area contributed by atoms with Gasteiger partial charge in [-0.1, -0.05) is 0 Å². The van der Waals surface area contributed by atoms with Crippen molar-refractivity contribution in [2.45, 2.75) is 31.3 Å². The van der Waals surface area contributed by atoms with Crippen molar-refractivity contribution in [2.24, 2.45) is 0 Å². The van der Waals surface area contributed by atoms with Crippen LogP contribution in [0.2, 0.25) is 0 Å². The highest BCUT2D eigenvalue weighted by Gasteiger charge is 2.33. The number of aliphatic hydroxyl groups is 1. The Hall–Kier alpha value is -0.430. The molecule has 1 fully saturated rings. The number of nitrogens with zero attached hydrogens (tertiary/aromatic N) is 1. The molecule has 1 saturated heterocycles. The van der Waals surface area contributed by atoms with E-state index in [9.17, 15) is 13.5 Å². The molecule has 2 heterocycles. The van der Waals surface area contributed by atoms with Gasteiger partial charge < -0.3 is 5.11 Å². The summed E-state index contributed by atoms with van der Waals surface area (Å²) in [7, 11) is -3.40. The standard InChI is InChI=1S/C10H15NO3S2/c1-7-5-10(8(2)15-7)16(13,14)11-4-3-9(12)6-11/h5,9,12H,3-4,6H2,1-2H3. The summed E-state index contributed by atoms with van der Waals surface area (Å²) in [6.45, 7) is 4.35. The minimum absolute atomic E-state index is 0.219. The fraction of sp³-hybridized carbons (Fsp3) is 0.600. The first kappa shape index (κ1) is 12.0. The number of rotatable bonds is 2. The lowest BCUT2D eigenvalue weighted by molar-refractivity contribution is 0.189. The zero-order chi connectivity index (χ0) is 11.9. The van der Waals surface area contributed by atoms with Crippen LogP contribution in [0.15, 0.2) is 11.0 Å². The van der Waals surface area contributed by atoms with Gasteiger partial charge in [-0.15, -0.1) is 11.3 Å². The maximum atomic E-state index is 12.2. The van der Waals surface area contributed by atoms with Crippen molar-refractivity contribution in [1.82, 2.24) is 4.31 Å². The van der Waals surface area contributed by atoms with Gasteiger partial charge in [-0.3, -0.25) is 0 Å². The Labute approximate surface area is 99.6 Å². The number of hydrogen-bond donors (Lipinski definition) is 1. The number of sulfonamides is 1. The summed E-state index contributed by atoms with van der Waals surface area (Å²) in [4.78, 5) is 2.21. The van der Waals surface area contributed by atoms with Crippen LogP contribution in [-0.4, -0.2) is 37.0 Å². The van der Waals surface area contributed by atoms with Crippen LogP contribution in [0.3, 0.4) is 0 Å². The molecule has 4 nitrogen and oxygen atoms in total. The van der Waals surface area contributed by atoms with E-state index in [1.807, 2.05) is 13.8 Å². The molecule has 0 radical (unpaired) electrons. The number of aliphatic hydroxyl groups excluding tert-OH is 1. The van der Waals surface area contributed by atoms with E-state index in [0.717, 1.165) is 9.75 Å². The van der Waals surface area contributed by atoms with E-state index in [0.29, 0.717) is 17.9 Å².